The van der Waals surface area contributed by atoms with E-state index >= 15 is 0 Å². The number of nitrogens with one attached hydrogen (secondary N) is 1. The van der Waals surface area contributed by atoms with Gasteiger partial charge in [0.1, 0.15) is 10.7 Å². The minimum absolute atomic E-state index is 0.0705. The molecule has 1 heterocycles. The van der Waals surface area contributed by atoms with Gasteiger partial charge in [-0.05, 0) is 48.5 Å². The molecule has 0 aliphatic heterocycles. The Balaban J connectivity index is 1.78. The van der Waals surface area contributed by atoms with Crippen molar-refractivity contribution in [1.82, 2.24) is 4.98 Å². The number of carbonyl (C=O) groups excluding carboxylic acids is 1. The first kappa shape index (κ1) is 19.7. The van der Waals surface area contributed by atoms with Crippen molar-refractivity contribution in [2.45, 2.75) is 6.18 Å². The van der Waals surface area contributed by atoms with E-state index in [2.05, 4.69) is 10.3 Å². The van der Waals surface area contributed by atoms with Gasteiger partial charge in [-0.2, -0.15) is 13.2 Å². The fraction of sp³-hybridized carbons (Fsp3) is 0.158. The van der Waals surface area contributed by atoms with E-state index in [1.807, 2.05) is 31.1 Å². The predicted molar refractivity (Wildman–Crippen MR) is 105 cm³/mol. The lowest BCUT2D eigenvalue weighted by molar-refractivity contribution is -0.137. The Labute approximate surface area is 163 Å². The van der Waals surface area contributed by atoms with Crippen molar-refractivity contribution in [2.75, 3.05) is 30.0 Å². The summed E-state index contributed by atoms with van der Waals surface area (Å²) in [6.07, 6.45) is -4.40. The maximum atomic E-state index is 12.7. The van der Waals surface area contributed by atoms with Crippen LogP contribution in [0.3, 0.4) is 0 Å². The summed E-state index contributed by atoms with van der Waals surface area (Å²) in [7, 11) is 3.80. The SMILES string of the molecule is CN(C)c1ccc(C(=O)c2sc(Nc3ccc(C(F)(F)F)cc3)nc2N)cc1. The lowest BCUT2D eigenvalue weighted by Gasteiger charge is -2.12. The van der Waals surface area contributed by atoms with Crippen LogP contribution in [0.4, 0.5) is 35.5 Å². The Morgan fingerprint density at radius 2 is 1.68 bits per heavy atom. The lowest BCUT2D eigenvalue weighted by atomic mass is 10.1. The number of alkyl halides is 3. The van der Waals surface area contributed by atoms with E-state index in [1.54, 1.807) is 12.1 Å². The lowest BCUT2D eigenvalue weighted by Crippen LogP contribution is -2.09. The molecule has 9 heteroatoms. The van der Waals surface area contributed by atoms with Crippen molar-refractivity contribution in [3.8, 4) is 0 Å². The number of rotatable bonds is 5. The van der Waals surface area contributed by atoms with Gasteiger partial charge >= 0.3 is 6.18 Å². The second kappa shape index (κ2) is 7.51. The topological polar surface area (TPSA) is 71.2 Å². The van der Waals surface area contributed by atoms with Gasteiger partial charge in [-0.15, -0.1) is 0 Å². The first-order valence-corrected chi connectivity index (χ1v) is 8.99. The van der Waals surface area contributed by atoms with Crippen LogP contribution in [0.1, 0.15) is 20.8 Å². The summed E-state index contributed by atoms with van der Waals surface area (Å²) in [5.41, 5.74) is 6.98. The molecule has 0 aliphatic rings. The van der Waals surface area contributed by atoms with Crippen LogP contribution >= 0.6 is 11.3 Å². The van der Waals surface area contributed by atoms with Crippen LogP contribution in [0.2, 0.25) is 0 Å². The summed E-state index contributed by atoms with van der Waals surface area (Å²) in [5, 5.41) is 3.20. The molecule has 3 N–H and O–H groups in total. The number of aromatic nitrogens is 1. The van der Waals surface area contributed by atoms with E-state index in [4.69, 9.17) is 5.73 Å². The van der Waals surface area contributed by atoms with Crippen molar-refractivity contribution in [3.05, 3.63) is 64.5 Å². The Morgan fingerprint density at radius 1 is 1.07 bits per heavy atom. The molecule has 1 aromatic heterocycles. The third-order valence-corrected chi connectivity index (χ3v) is 4.95. The summed E-state index contributed by atoms with van der Waals surface area (Å²) < 4.78 is 37.9. The average molecular weight is 406 g/mol. The van der Waals surface area contributed by atoms with Gasteiger partial charge in [0, 0.05) is 31.0 Å². The van der Waals surface area contributed by atoms with Crippen LogP contribution < -0.4 is 16.0 Å². The van der Waals surface area contributed by atoms with Crippen molar-refractivity contribution < 1.29 is 18.0 Å². The second-order valence-corrected chi connectivity index (χ2v) is 7.20. The number of hydrogen-bond acceptors (Lipinski definition) is 6. The molecule has 2 aromatic carbocycles. The highest BCUT2D eigenvalue weighted by Gasteiger charge is 2.30. The Bertz CT molecular complexity index is 980. The highest BCUT2D eigenvalue weighted by Crippen LogP contribution is 2.32. The number of benzene rings is 2. The van der Waals surface area contributed by atoms with Crippen molar-refractivity contribution in [1.29, 1.82) is 0 Å². The van der Waals surface area contributed by atoms with Gasteiger partial charge < -0.3 is 16.0 Å². The zero-order valence-electron chi connectivity index (χ0n) is 15.0. The second-order valence-electron chi connectivity index (χ2n) is 6.20. The highest BCUT2D eigenvalue weighted by atomic mass is 32.1. The molecule has 0 radical (unpaired) electrons. The van der Waals surface area contributed by atoms with Crippen LogP contribution in [0.5, 0.6) is 0 Å². The van der Waals surface area contributed by atoms with E-state index in [0.29, 0.717) is 16.4 Å². The molecule has 146 valence electrons. The maximum absolute atomic E-state index is 12.7. The molecule has 0 fully saturated rings. The fourth-order valence-corrected chi connectivity index (χ4v) is 3.32. The first-order chi connectivity index (χ1) is 13.1. The molecule has 0 atom stereocenters. The molecule has 0 saturated carbocycles. The molecule has 3 aromatic rings. The summed E-state index contributed by atoms with van der Waals surface area (Å²) in [4.78, 5) is 19.0. The molecule has 0 amide bonds. The maximum Gasteiger partial charge on any atom is 0.416 e. The molecule has 0 unspecified atom stereocenters. The average Bonchev–Trinajstić information content (AvgIpc) is 3.01. The third-order valence-electron chi connectivity index (χ3n) is 3.97. The molecule has 3 rings (SSSR count). The number of nitrogens with two attached hydrogens (primary N) is 1. The number of thiazole rings is 1. The third kappa shape index (κ3) is 4.25. The minimum Gasteiger partial charge on any atom is -0.382 e. The van der Waals surface area contributed by atoms with Gasteiger partial charge in [0.25, 0.3) is 0 Å². The molecule has 28 heavy (non-hydrogen) atoms. The van der Waals surface area contributed by atoms with Gasteiger partial charge in [-0.25, -0.2) is 4.98 Å². The monoisotopic (exact) mass is 406 g/mol. The van der Waals surface area contributed by atoms with Gasteiger partial charge in [0.05, 0.1) is 5.56 Å². The van der Waals surface area contributed by atoms with Gasteiger partial charge in [0.15, 0.2) is 5.13 Å². The standard InChI is InChI=1S/C19H17F3N4OS/c1-26(2)14-9-3-11(4-10-14)15(27)16-17(23)25-18(28-16)24-13-7-5-12(6-8-13)19(20,21)22/h3-10H,23H2,1-2H3,(H,24,25). The summed E-state index contributed by atoms with van der Waals surface area (Å²) in [6, 6.07) is 11.6. The Hall–Kier alpha value is -3.07. The number of nitrogen functional groups attached to an aromatic ring is 1. The van der Waals surface area contributed by atoms with Crippen molar-refractivity contribution >= 4 is 39.4 Å². The zero-order valence-corrected chi connectivity index (χ0v) is 15.9. The zero-order chi connectivity index (χ0) is 20.5. The summed E-state index contributed by atoms with van der Waals surface area (Å²) >= 11 is 1.05. The summed E-state index contributed by atoms with van der Waals surface area (Å²) in [5.74, 6) is -0.193. The van der Waals surface area contributed by atoms with Crippen LogP contribution in [0, 0.1) is 0 Å². The smallest absolute Gasteiger partial charge is 0.382 e. The molecular formula is C19H17F3N4OS. The number of ketones is 1. The number of anilines is 4. The molecule has 5 nitrogen and oxygen atoms in total. The van der Waals surface area contributed by atoms with E-state index in [9.17, 15) is 18.0 Å². The predicted octanol–water partition coefficient (Wildman–Crippen LogP) is 4.78. The van der Waals surface area contributed by atoms with Gasteiger partial charge in [-0.3, -0.25) is 4.79 Å². The minimum atomic E-state index is -4.40. The molecule has 0 aliphatic carbocycles. The van der Waals surface area contributed by atoms with Crippen LogP contribution in [0.15, 0.2) is 48.5 Å². The molecular weight excluding hydrogens is 389 g/mol. The first-order valence-electron chi connectivity index (χ1n) is 8.18. The van der Waals surface area contributed by atoms with Crippen molar-refractivity contribution in [2.24, 2.45) is 0 Å². The van der Waals surface area contributed by atoms with Crippen LogP contribution in [-0.4, -0.2) is 24.9 Å². The van der Waals surface area contributed by atoms with E-state index in [0.717, 1.165) is 29.2 Å². The Morgan fingerprint density at radius 3 is 2.21 bits per heavy atom. The van der Waals surface area contributed by atoms with E-state index in [-0.39, 0.29) is 16.5 Å². The van der Waals surface area contributed by atoms with Crippen LogP contribution in [-0.2, 0) is 6.18 Å². The van der Waals surface area contributed by atoms with Gasteiger partial charge in [0.2, 0.25) is 5.78 Å². The Kier molecular flexibility index (Phi) is 5.28. The quantitative estimate of drug-likeness (QED) is 0.597. The van der Waals surface area contributed by atoms with E-state index in [1.165, 1.54) is 12.1 Å². The number of hydrogen-bond donors (Lipinski definition) is 2. The molecule has 0 saturated heterocycles. The number of carbonyl (C=O) groups is 1. The van der Waals surface area contributed by atoms with Crippen molar-refractivity contribution in [3.63, 3.8) is 0 Å². The molecule has 0 spiro atoms. The largest absolute Gasteiger partial charge is 0.416 e. The fourth-order valence-electron chi connectivity index (χ4n) is 2.46. The normalized spacial score (nSPS) is 11.3. The number of halogens is 3. The van der Waals surface area contributed by atoms with Gasteiger partial charge in [-0.1, -0.05) is 11.3 Å². The summed E-state index contributed by atoms with van der Waals surface area (Å²) in [6.45, 7) is 0. The highest BCUT2D eigenvalue weighted by molar-refractivity contribution is 7.18. The molecule has 0 bridgehead atoms. The number of nitrogens with zero attached hydrogens (tertiary/aromatic N) is 2. The van der Waals surface area contributed by atoms with E-state index < -0.39 is 11.7 Å². The van der Waals surface area contributed by atoms with Crippen LogP contribution in [0.25, 0.3) is 0 Å².